The maximum Gasteiger partial charge on any atom is 0.123 e. The second-order valence-corrected chi connectivity index (χ2v) is 3.82. The van der Waals surface area contributed by atoms with E-state index in [0.717, 1.165) is 11.1 Å². The Labute approximate surface area is 89.3 Å². The predicted molar refractivity (Wildman–Crippen MR) is 58.2 cm³/mol. The Balaban J connectivity index is 2.62. The molecule has 1 nitrogen and oxygen atoms in total. The topological polar surface area (TPSA) is 12.0 Å². The van der Waals surface area contributed by atoms with E-state index in [1.807, 2.05) is 13.8 Å². The molecule has 0 radical (unpaired) electrons. The van der Waals surface area contributed by atoms with Crippen molar-refractivity contribution >= 4 is 11.6 Å². The van der Waals surface area contributed by atoms with Crippen LogP contribution in [0.4, 0.5) is 4.39 Å². The molecule has 0 aromatic heterocycles. The van der Waals surface area contributed by atoms with E-state index in [4.69, 9.17) is 11.6 Å². The number of benzene rings is 1. The smallest absolute Gasteiger partial charge is 0.123 e. The second kappa shape index (κ2) is 5.32. The summed E-state index contributed by atoms with van der Waals surface area (Å²) in [7, 11) is 0. The third kappa shape index (κ3) is 3.28. The van der Waals surface area contributed by atoms with Crippen LogP contribution >= 0.6 is 11.6 Å². The lowest BCUT2D eigenvalue weighted by Gasteiger charge is -2.12. The molecule has 1 aromatic rings. The first-order valence-electron chi connectivity index (χ1n) is 4.68. The zero-order valence-electron chi connectivity index (χ0n) is 8.48. The number of rotatable bonds is 4. The predicted octanol–water partition coefficient (Wildman–Crippen LogP) is 2.85. The maximum absolute atomic E-state index is 12.9. The number of halogens is 2. The van der Waals surface area contributed by atoms with Gasteiger partial charge in [-0.15, -0.1) is 11.6 Å². The van der Waals surface area contributed by atoms with Gasteiger partial charge in [-0.3, -0.25) is 0 Å². The van der Waals surface area contributed by atoms with Crippen LogP contribution in [0.25, 0.3) is 0 Å². The first-order valence-corrected chi connectivity index (χ1v) is 5.21. The fourth-order valence-corrected chi connectivity index (χ4v) is 1.28. The third-order valence-electron chi connectivity index (χ3n) is 2.18. The van der Waals surface area contributed by atoms with Crippen LogP contribution in [-0.2, 0) is 6.54 Å². The van der Waals surface area contributed by atoms with E-state index < -0.39 is 0 Å². The normalized spacial score (nSPS) is 12.9. The highest BCUT2D eigenvalue weighted by Gasteiger charge is 2.02. The van der Waals surface area contributed by atoms with Gasteiger partial charge in [0.15, 0.2) is 0 Å². The van der Waals surface area contributed by atoms with Crippen molar-refractivity contribution < 1.29 is 4.39 Å². The molecular weight excluding hydrogens is 201 g/mol. The number of hydrogen-bond donors (Lipinski definition) is 1. The van der Waals surface area contributed by atoms with E-state index in [2.05, 4.69) is 5.32 Å². The molecule has 0 spiro atoms. The lowest BCUT2D eigenvalue weighted by Crippen LogP contribution is -2.27. The van der Waals surface area contributed by atoms with Crippen molar-refractivity contribution in [3.05, 3.63) is 35.1 Å². The van der Waals surface area contributed by atoms with Crippen LogP contribution in [0.3, 0.4) is 0 Å². The van der Waals surface area contributed by atoms with E-state index in [-0.39, 0.29) is 11.9 Å². The van der Waals surface area contributed by atoms with Gasteiger partial charge in [0.05, 0.1) is 0 Å². The van der Waals surface area contributed by atoms with E-state index in [0.29, 0.717) is 12.4 Å². The van der Waals surface area contributed by atoms with Crippen molar-refractivity contribution in [2.75, 3.05) is 5.88 Å². The number of hydrogen-bond acceptors (Lipinski definition) is 1. The molecule has 0 saturated heterocycles. The van der Waals surface area contributed by atoms with Crippen LogP contribution in [0.5, 0.6) is 0 Å². The Kier molecular flexibility index (Phi) is 4.36. The number of nitrogens with one attached hydrogen (secondary N) is 1. The van der Waals surface area contributed by atoms with Crippen LogP contribution < -0.4 is 5.32 Å². The second-order valence-electron chi connectivity index (χ2n) is 3.51. The summed E-state index contributed by atoms with van der Waals surface area (Å²) < 4.78 is 12.9. The average Bonchev–Trinajstić information content (AvgIpc) is 2.19. The van der Waals surface area contributed by atoms with Crippen molar-refractivity contribution in [1.82, 2.24) is 5.32 Å². The maximum atomic E-state index is 12.9. The summed E-state index contributed by atoms with van der Waals surface area (Å²) in [6, 6.07) is 5.07. The fourth-order valence-electron chi connectivity index (χ4n) is 1.17. The Morgan fingerprint density at radius 3 is 2.86 bits per heavy atom. The van der Waals surface area contributed by atoms with E-state index in [9.17, 15) is 4.39 Å². The molecule has 1 unspecified atom stereocenters. The summed E-state index contributed by atoms with van der Waals surface area (Å²) in [5.74, 6) is 0.375. The molecule has 0 aliphatic carbocycles. The molecule has 0 heterocycles. The summed E-state index contributed by atoms with van der Waals surface area (Å²) in [6.45, 7) is 4.64. The highest BCUT2D eigenvalue weighted by Crippen LogP contribution is 2.10. The van der Waals surface area contributed by atoms with Gasteiger partial charge in [0.25, 0.3) is 0 Å². The number of alkyl halides is 1. The Hall–Kier alpha value is -0.600. The first-order chi connectivity index (χ1) is 6.63. The summed E-state index contributed by atoms with van der Waals surface area (Å²) in [4.78, 5) is 0. The van der Waals surface area contributed by atoms with Gasteiger partial charge in [0.1, 0.15) is 5.82 Å². The zero-order chi connectivity index (χ0) is 10.6. The first kappa shape index (κ1) is 11.5. The average molecular weight is 216 g/mol. The summed E-state index contributed by atoms with van der Waals surface area (Å²) in [5, 5.41) is 3.22. The van der Waals surface area contributed by atoms with Crippen LogP contribution in [0.1, 0.15) is 18.1 Å². The molecule has 0 aliphatic rings. The molecule has 3 heteroatoms. The molecule has 1 rings (SSSR count). The highest BCUT2D eigenvalue weighted by atomic mass is 35.5. The zero-order valence-corrected chi connectivity index (χ0v) is 9.24. The molecule has 0 bridgehead atoms. The molecular formula is C11H15ClFN. The quantitative estimate of drug-likeness (QED) is 0.762. The van der Waals surface area contributed by atoms with E-state index in [1.165, 1.54) is 6.07 Å². The SMILES string of the molecule is Cc1ccc(F)cc1CNC(C)CCl. The minimum Gasteiger partial charge on any atom is -0.309 e. The molecule has 0 saturated carbocycles. The van der Waals surface area contributed by atoms with Crippen molar-refractivity contribution in [2.24, 2.45) is 0 Å². The minimum atomic E-state index is -0.189. The molecule has 1 N–H and O–H groups in total. The Morgan fingerprint density at radius 2 is 2.21 bits per heavy atom. The molecule has 1 aromatic carbocycles. The summed E-state index contributed by atoms with van der Waals surface area (Å²) >= 11 is 5.65. The van der Waals surface area contributed by atoms with Gasteiger partial charge in [-0.25, -0.2) is 4.39 Å². The Morgan fingerprint density at radius 1 is 1.50 bits per heavy atom. The van der Waals surface area contributed by atoms with Crippen molar-refractivity contribution in [1.29, 1.82) is 0 Å². The molecule has 0 fully saturated rings. The molecule has 14 heavy (non-hydrogen) atoms. The third-order valence-corrected chi connectivity index (χ3v) is 2.65. The van der Waals surface area contributed by atoms with Gasteiger partial charge in [-0.2, -0.15) is 0 Å². The van der Waals surface area contributed by atoms with E-state index >= 15 is 0 Å². The molecule has 78 valence electrons. The summed E-state index contributed by atoms with van der Waals surface area (Å²) in [5.41, 5.74) is 2.09. The fraction of sp³-hybridized carbons (Fsp3) is 0.455. The van der Waals surface area contributed by atoms with Crippen molar-refractivity contribution in [2.45, 2.75) is 26.4 Å². The number of aryl methyl sites for hydroxylation is 1. The van der Waals surface area contributed by atoms with Crippen LogP contribution in [-0.4, -0.2) is 11.9 Å². The van der Waals surface area contributed by atoms with Crippen molar-refractivity contribution in [3.63, 3.8) is 0 Å². The van der Waals surface area contributed by atoms with Gasteiger partial charge < -0.3 is 5.32 Å². The molecule has 1 atom stereocenters. The molecule has 0 amide bonds. The minimum absolute atomic E-state index is 0.189. The lowest BCUT2D eigenvalue weighted by molar-refractivity contribution is 0.583. The standard InChI is InChI=1S/C11H15ClFN/c1-8-3-4-11(13)5-10(8)7-14-9(2)6-12/h3-5,9,14H,6-7H2,1-2H3. The monoisotopic (exact) mass is 215 g/mol. The largest absolute Gasteiger partial charge is 0.309 e. The van der Waals surface area contributed by atoms with Gasteiger partial charge >= 0.3 is 0 Å². The lowest BCUT2D eigenvalue weighted by atomic mass is 10.1. The van der Waals surface area contributed by atoms with Crippen LogP contribution in [0.2, 0.25) is 0 Å². The van der Waals surface area contributed by atoms with Crippen LogP contribution in [0, 0.1) is 12.7 Å². The molecule has 0 aliphatic heterocycles. The highest BCUT2D eigenvalue weighted by molar-refractivity contribution is 6.18. The van der Waals surface area contributed by atoms with Gasteiger partial charge in [-0.05, 0) is 37.1 Å². The van der Waals surface area contributed by atoms with E-state index in [1.54, 1.807) is 12.1 Å². The van der Waals surface area contributed by atoms with Gasteiger partial charge in [-0.1, -0.05) is 6.07 Å². The van der Waals surface area contributed by atoms with Gasteiger partial charge in [0.2, 0.25) is 0 Å². The van der Waals surface area contributed by atoms with Crippen LogP contribution in [0.15, 0.2) is 18.2 Å². The Bertz CT molecular complexity index is 301. The van der Waals surface area contributed by atoms with Crippen molar-refractivity contribution in [3.8, 4) is 0 Å². The van der Waals surface area contributed by atoms with Gasteiger partial charge in [0, 0.05) is 18.5 Å². The summed E-state index contributed by atoms with van der Waals surface area (Å²) in [6.07, 6.45) is 0.